The quantitative estimate of drug-likeness (QED) is 0.624. The van der Waals surface area contributed by atoms with Crippen LogP contribution in [-0.4, -0.2) is 67.0 Å². The highest BCUT2D eigenvalue weighted by molar-refractivity contribution is 9.10. The SMILES string of the molecule is O=C(COc1ccc(Br)cc1)OCC(=O)N1CCN(C(=O)c2ccco2)CC1. The third kappa shape index (κ3) is 5.35. The van der Waals surface area contributed by atoms with Crippen LogP contribution in [0.3, 0.4) is 0 Å². The molecule has 1 aliphatic heterocycles. The molecule has 0 bridgehead atoms. The van der Waals surface area contributed by atoms with Crippen LogP contribution >= 0.6 is 15.9 Å². The Morgan fingerprint density at radius 1 is 0.964 bits per heavy atom. The Balaban J connectivity index is 1.36. The maximum atomic E-state index is 12.2. The summed E-state index contributed by atoms with van der Waals surface area (Å²) in [6.45, 7) is 0.906. The van der Waals surface area contributed by atoms with Gasteiger partial charge >= 0.3 is 5.97 Å². The summed E-state index contributed by atoms with van der Waals surface area (Å²) in [5, 5.41) is 0. The van der Waals surface area contributed by atoms with Crippen molar-refractivity contribution in [2.24, 2.45) is 0 Å². The predicted octanol–water partition coefficient (Wildman–Crippen LogP) is 1.95. The molecule has 1 saturated heterocycles. The van der Waals surface area contributed by atoms with Crippen molar-refractivity contribution in [1.82, 2.24) is 9.80 Å². The Morgan fingerprint density at radius 2 is 1.64 bits per heavy atom. The lowest BCUT2D eigenvalue weighted by atomic mass is 10.3. The lowest BCUT2D eigenvalue weighted by Crippen LogP contribution is -2.51. The van der Waals surface area contributed by atoms with Crippen molar-refractivity contribution in [3.63, 3.8) is 0 Å². The van der Waals surface area contributed by atoms with E-state index in [0.717, 1.165) is 4.47 Å². The molecule has 8 nitrogen and oxygen atoms in total. The van der Waals surface area contributed by atoms with Crippen LogP contribution in [0.4, 0.5) is 0 Å². The molecule has 3 rings (SSSR count). The van der Waals surface area contributed by atoms with Crippen LogP contribution in [0.25, 0.3) is 0 Å². The van der Waals surface area contributed by atoms with Gasteiger partial charge in [0, 0.05) is 30.7 Å². The van der Waals surface area contributed by atoms with Gasteiger partial charge in [-0.25, -0.2) is 4.79 Å². The van der Waals surface area contributed by atoms with Crippen molar-refractivity contribution in [1.29, 1.82) is 0 Å². The monoisotopic (exact) mass is 450 g/mol. The number of nitrogens with zero attached hydrogens (tertiary/aromatic N) is 2. The highest BCUT2D eigenvalue weighted by Crippen LogP contribution is 2.16. The van der Waals surface area contributed by atoms with Crippen LogP contribution in [0.1, 0.15) is 10.6 Å². The minimum Gasteiger partial charge on any atom is -0.482 e. The van der Waals surface area contributed by atoms with Gasteiger partial charge in [-0.1, -0.05) is 15.9 Å². The Hall–Kier alpha value is -2.81. The van der Waals surface area contributed by atoms with Crippen LogP contribution in [0.5, 0.6) is 5.75 Å². The average Bonchev–Trinajstić information content (AvgIpc) is 3.26. The third-order valence-electron chi connectivity index (χ3n) is 4.18. The molecule has 148 valence electrons. The number of amides is 2. The zero-order valence-electron chi connectivity index (χ0n) is 15.0. The Labute approximate surface area is 170 Å². The van der Waals surface area contributed by atoms with Gasteiger partial charge in [0.2, 0.25) is 0 Å². The lowest BCUT2D eigenvalue weighted by Gasteiger charge is -2.34. The molecule has 9 heteroatoms. The number of piperazine rings is 1. The normalized spacial score (nSPS) is 13.9. The summed E-state index contributed by atoms with van der Waals surface area (Å²) in [5.41, 5.74) is 0. The van der Waals surface area contributed by atoms with E-state index < -0.39 is 5.97 Å². The standard InChI is InChI=1S/C19H19BrN2O6/c20-14-3-5-15(6-4-14)27-13-18(24)28-12-17(23)21-7-9-22(10-8-21)19(25)16-2-1-11-26-16/h1-6,11H,7-10,12-13H2. The molecule has 0 aliphatic carbocycles. The van der Waals surface area contributed by atoms with Crippen LogP contribution < -0.4 is 4.74 Å². The second-order valence-electron chi connectivity index (χ2n) is 6.05. The van der Waals surface area contributed by atoms with Gasteiger partial charge in [0.05, 0.1) is 6.26 Å². The number of esters is 1. The largest absolute Gasteiger partial charge is 0.482 e. The highest BCUT2D eigenvalue weighted by Gasteiger charge is 2.26. The van der Waals surface area contributed by atoms with Crippen LogP contribution in [0, 0.1) is 0 Å². The van der Waals surface area contributed by atoms with E-state index in [4.69, 9.17) is 13.9 Å². The van der Waals surface area contributed by atoms with Gasteiger partial charge in [-0.2, -0.15) is 0 Å². The molecule has 0 spiro atoms. The van der Waals surface area contributed by atoms with Gasteiger partial charge in [0.1, 0.15) is 5.75 Å². The molecule has 2 heterocycles. The van der Waals surface area contributed by atoms with Crippen molar-refractivity contribution in [2.75, 3.05) is 39.4 Å². The van der Waals surface area contributed by atoms with Gasteiger partial charge in [0.25, 0.3) is 11.8 Å². The molecule has 2 amide bonds. The molecular formula is C19H19BrN2O6. The Bertz CT molecular complexity index is 813. The zero-order chi connectivity index (χ0) is 19.9. The van der Waals surface area contributed by atoms with E-state index in [0.29, 0.717) is 31.9 Å². The molecule has 0 N–H and O–H groups in total. The van der Waals surface area contributed by atoms with Gasteiger partial charge in [0.15, 0.2) is 19.0 Å². The number of benzene rings is 1. The minimum absolute atomic E-state index is 0.200. The topological polar surface area (TPSA) is 89.3 Å². The predicted molar refractivity (Wildman–Crippen MR) is 102 cm³/mol. The number of ether oxygens (including phenoxy) is 2. The first kappa shape index (κ1) is 19.9. The van der Waals surface area contributed by atoms with Crippen LogP contribution in [0.15, 0.2) is 51.6 Å². The van der Waals surface area contributed by atoms with E-state index in [-0.39, 0.29) is 30.8 Å². The van der Waals surface area contributed by atoms with Crippen molar-refractivity contribution in [3.8, 4) is 5.75 Å². The van der Waals surface area contributed by atoms with Gasteiger partial charge in [-0.05, 0) is 36.4 Å². The molecule has 1 fully saturated rings. The first-order valence-corrected chi connectivity index (χ1v) is 9.47. The van der Waals surface area contributed by atoms with Crippen molar-refractivity contribution in [2.45, 2.75) is 0 Å². The number of carbonyl (C=O) groups excluding carboxylic acids is 3. The van der Waals surface area contributed by atoms with Gasteiger partial charge in [-0.3, -0.25) is 9.59 Å². The van der Waals surface area contributed by atoms with E-state index in [2.05, 4.69) is 15.9 Å². The van der Waals surface area contributed by atoms with E-state index in [1.54, 1.807) is 46.2 Å². The zero-order valence-corrected chi connectivity index (χ0v) is 16.6. The summed E-state index contributed by atoms with van der Waals surface area (Å²) in [6, 6.07) is 10.3. The fourth-order valence-corrected chi connectivity index (χ4v) is 2.93. The van der Waals surface area contributed by atoms with Crippen molar-refractivity contribution < 1.29 is 28.3 Å². The fourth-order valence-electron chi connectivity index (χ4n) is 2.66. The van der Waals surface area contributed by atoms with E-state index in [1.165, 1.54) is 6.26 Å². The second-order valence-corrected chi connectivity index (χ2v) is 6.97. The first-order chi connectivity index (χ1) is 13.5. The molecule has 0 saturated carbocycles. The number of rotatable bonds is 6. The lowest BCUT2D eigenvalue weighted by molar-refractivity contribution is -0.154. The smallest absolute Gasteiger partial charge is 0.344 e. The number of halogens is 1. The summed E-state index contributed by atoms with van der Waals surface area (Å²) in [5.74, 6) is -0.318. The molecule has 1 aromatic carbocycles. The summed E-state index contributed by atoms with van der Waals surface area (Å²) in [6.07, 6.45) is 1.45. The summed E-state index contributed by atoms with van der Waals surface area (Å²) in [4.78, 5) is 39.3. The number of carbonyl (C=O) groups is 3. The average molecular weight is 451 g/mol. The molecule has 1 aromatic heterocycles. The second kappa shape index (κ2) is 9.41. The molecule has 2 aromatic rings. The number of furan rings is 1. The molecule has 0 atom stereocenters. The number of hydrogen-bond acceptors (Lipinski definition) is 6. The molecule has 0 radical (unpaired) electrons. The molecular weight excluding hydrogens is 432 g/mol. The van der Waals surface area contributed by atoms with E-state index >= 15 is 0 Å². The van der Waals surface area contributed by atoms with E-state index in [9.17, 15) is 14.4 Å². The van der Waals surface area contributed by atoms with Crippen molar-refractivity contribution >= 4 is 33.7 Å². The summed E-state index contributed by atoms with van der Waals surface area (Å²) >= 11 is 3.31. The summed E-state index contributed by atoms with van der Waals surface area (Å²) in [7, 11) is 0. The van der Waals surface area contributed by atoms with Crippen LogP contribution in [0.2, 0.25) is 0 Å². The maximum absolute atomic E-state index is 12.2. The first-order valence-electron chi connectivity index (χ1n) is 8.67. The van der Waals surface area contributed by atoms with Gasteiger partial charge < -0.3 is 23.7 Å². The van der Waals surface area contributed by atoms with Gasteiger partial charge in [-0.15, -0.1) is 0 Å². The number of hydrogen-bond donors (Lipinski definition) is 0. The Kier molecular flexibility index (Phi) is 6.70. The minimum atomic E-state index is -0.622. The van der Waals surface area contributed by atoms with Crippen molar-refractivity contribution in [3.05, 3.63) is 52.9 Å². The van der Waals surface area contributed by atoms with E-state index in [1.807, 2.05) is 0 Å². The highest BCUT2D eigenvalue weighted by atomic mass is 79.9. The van der Waals surface area contributed by atoms with Crippen LogP contribution in [-0.2, 0) is 14.3 Å². The molecule has 0 unspecified atom stereocenters. The fraction of sp³-hybridized carbons (Fsp3) is 0.316. The Morgan fingerprint density at radius 3 is 2.29 bits per heavy atom. The third-order valence-corrected chi connectivity index (χ3v) is 4.71. The molecule has 28 heavy (non-hydrogen) atoms. The molecule has 1 aliphatic rings. The summed E-state index contributed by atoms with van der Waals surface area (Å²) < 4.78 is 16.3. The maximum Gasteiger partial charge on any atom is 0.344 e.